The molecule has 0 bridgehead atoms. The van der Waals surface area contributed by atoms with Crippen molar-refractivity contribution >= 4 is 23.1 Å². The van der Waals surface area contributed by atoms with Crippen molar-refractivity contribution in [2.24, 2.45) is 11.1 Å². The molecule has 1 aliphatic carbocycles. The second kappa shape index (κ2) is 7.05. The molecule has 1 amide bonds. The third-order valence-electron chi connectivity index (χ3n) is 5.37. The Morgan fingerprint density at radius 1 is 1.24 bits per heavy atom. The lowest BCUT2D eigenvalue weighted by Crippen LogP contribution is -2.58. The molecule has 2 rings (SSSR count). The SMILES string of the molecule is CCC1CN(C(=O)C2(C(N)=S)CCCCCC2)CCN1C. The van der Waals surface area contributed by atoms with Crippen LogP contribution in [0.4, 0.5) is 0 Å². The smallest absolute Gasteiger partial charge is 0.235 e. The highest BCUT2D eigenvalue weighted by Crippen LogP contribution is 2.37. The summed E-state index contributed by atoms with van der Waals surface area (Å²) in [5, 5.41) is 0. The van der Waals surface area contributed by atoms with Gasteiger partial charge in [-0.3, -0.25) is 9.69 Å². The van der Waals surface area contributed by atoms with Crippen molar-refractivity contribution in [1.29, 1.82) is 0 Å². The number of amides is 1. The van der Waals surface area contributed by atoms with Crippen molar-refractivity contribution in [3.8, 4) is 0 Å². The summed E-state index contributed by atoms with van der Waals surface area (Å²) < 4.78 is 0. The normalized spacial score (nSPS) is 27.1. The van der Waals surface area contributed by atoms with E-state index >= 15 is 0 Å². The van der Waals surface area contributed by atoms with Gasteiger partial charge in [-0.1, -0.05) is 44.8 Å². The van der Waals surface area contributed by atoms with Gasteiger partial charge in [-0.25, -0.2) is 0 Å². The molecule has 4 nitrogen and oxygen atoms in total. The first-order valence-electron chi connectivity index (χ1n) is 8.31. The zero-order valence-electron chi connectivity index (χ0n) is 13.4. The van der Waals surface area contributed by atoms with Crippen LogP contribution in [0.3, 0.4) is 0 Å². The van der Waals surface area contributed by atoms with Gasteiger partial charge in [0, 0.05) is 25.7 Å². The average Bonchev–Trinajstić information content (AvgIpc) is 2.73. The second-order valence-corrected chi connectivity index (χ2v) is 7.09. The Morgan fingerprint density at radius 3 is 2.38 bits per heavy atom. The number of piperazine rings is 1. The predicted octanol–water partition coefficient (Wildman–Crippen LogP) is 2.17. The number of nitrogens with zero attached hydrogens (tertiary/aromatic N) is 2. The number of thiocarbonyl (C=S) groups is 1. The largest absolute Gasteiger partial charge is 0.392 e. The van der Waals surface area contributed by atoms with E-state index in [1.54, 1.807) is 0 Å². The standard InChI is InChI=1S/C16H29N3OS/c1-3-13-12-19(11-10-18(13)2)15(20)16(14(17)21)8-6-4-5-7-9-16/h13H,3-12H2,1-2H3,(H2,17,21). The summed E-state index contributed by atoms with van der Waals surface area (Å²) in [6, 6.07) is 0.455. The first-order chi connectivity index (χ1) is 10.0. The van der Waals surface area contributed by atoms with E-state index in [1.807, 2.05) is 4.90 Å². The molecule has 0 radical (unpaired) electrons. The van der Waals surface area contributed by atoms with Gasteiger partial charge in [0.2, 0.25) is 5.91 Å². The molecule has 1 saturated heterocycles. The molecule has 1 unspecified atom stereocenters. The fraction of sp³-hybridized carbons (Fsp3) is 0.875. The Morgan fingerprint density at radius 2 is 1.86 bits per heavy atom. The van der Waals surface area contributed by atoms with E-state index in [4.69, 9.17) is 18.0 Å². The van der Waals surface area contributed by atoms with Gasteiger partial charge in [0.25, 0.3) is 0 Å². The van der Waals surface area contributed by atoms with Crippen LogP contribution < -0.4 is 5.73 Å². The zero-order chi connectivity index (χ0) is 15.5. The second-order valence-electron chi connectivity index (χ2n) is 6.65. The van der Waals surface area contributed by atoms with Crippen LogP contribution in [0.15, 0.2) is 0 Å². The molecule has 0 aromatic carbocycles. The fourth-order valence-corrected chi connectivity index (χ4v) is 4.06. The van der Waals surface area contributed by atoms with E-state index < -0.39 is 5.41 Å². The van der Waals surface area contributed by atoms with E-state index in [0.717, 1.165) is 51.7 Å². The monoisotopic (exact) mass is 311 g/mol. The van der Waals surface area contributed by atoms with Crippen molar-refractivity contribution in [2.45, 2.75) is 57.9 Å². The number of hydrogen-bond donors (Lipinski definition) is 1. The molecule has 21 heavy (non-hydrogen) atoms. The molecule has 0 aromatic heterocycles. The highest BCUT2D eigenvalue weighted by molar-refractivity contribution is 7.80. The van der Waals surface area contributed by atoms with Crippen LogP contribution in [-0.4, -0.2) is 53.4 Å². The topological polar surface area (TPSA) is 49.6 Å². The number of rotatable bonds is 3. The first kappa shape index (κ1) is 16.7. The molecule has 1 atom stereocenters. The third kappa shape index (κ3) is 3.39. The summed E-state index contributed by atoms with van der Waals surface area (Å²) in [5.74, 6) is 0.198. The van der Waals surface area contributed by atoms with Crippen molar-refractivity contribution in [3.05, 3.63) is 0 Å². The minimum Gasteiger partial charge on any atom is -0.392 e. The molecule has 1 heterocycles. The number of nitrogens with two attached hydrogens (primary N) is 1. The van der Waals surface area contributed by atoms with Crippen molar-refractivity contribution in [1.82, 2.24) is 9.80 Å². The fourth-order valence-electron chi connectivity index (χ4n) is 3.77. The third-order valence-corrected chi connectivity index (χ3v) is 5.76. The van der Waals surface area contributed by atoms with E-state index in [0.29, 0.717) is 11.0 Å². The molecule has 120 valence electrons. The zero-order valence-corrected chi connectivity index (χ0v) is 14.3. The Labute approximate surface area is 134 Å². The lowest BCUT2D eigenvalue weighted by molar-refractivity contribution is -0.141. The Kier molecular flexibility index (Phi) is 5.60. The summed E-state index contributed by atoms with van der Waals surface area (Å²) in [6.45, 7) is 4.74. The van der Waals surface area contributed by atoms with Gasteiger partial charge in [-0.05, 0) is 26.3 Å². The maximum Gasteiger partial charge on any atom is 0.235 e. The van der Waals surface area contributed by atoms with Crippen LogP contribution in [0.5, 0.6) is 0 Å². The molecule has 5 heteroatoms. The van der Waals surface area contributed by atoms with E-state index in [9.17, 15) is 4.79 Å². The van der Waals surface area contributed by atoms with E-state index in [-0.39, 0.29) is 5.91 Å². The summed E-state index contributed by atoms with van der Waals surface area (Å²) in [7, 11) is 2.14. The first-order valence-corrected chi connectivity index (χ1v) is 8.71. The van der Waals surface area contributed by atoms with Crippen LogP contribution >= 0.6 is 12.2 Å². The van der Waals surface area contributed by atoms with Crippen molar-refractivity contribution < 1.29 is 4.79 Å². The van der Waals surface area contributed by atoms with Gasteiger partial charge < -0.3 is 10.6 Å². The van der Waals surface area contributed by atoms with Gasteiger partial charge in [0.1, 0.15) is 0 Å². The van der Waals surface area contributed by atoms with Crippen LogP contribution in [0.1, 0.15) is 51.9 Å². The molecule has 2 N–H and O–H groups in total. The average molecular weight is 311 g/mol. The Balaban J connectivity index is 2.16. The molecule has 1 aliphatic heterocycles. The van der Waals surface area contributed by atoms with Crippen LogP contribution in [0.25, 0.3) is 0 Å². The number of likely N-dealkylation sites (N-methyl/N-ethyl adjacent to an activating group) is 1. The van der Waals surface area contributed by atoms with Crippen LogP contribution in [0.2, 0.25) is 0 Å². The highest BCUT2D eigenvalue weighted by atomic mass is 32.1. The van der Waals surface area contributed by atoms with Gasteiger partial charge in [0.15, 0.2) is 0 Å². The maximum atomic E-state index is 13.2. The van der Waals surface area contributed by atoms with Gasteiger partial charge in [0.05, 0.1) is 10.4 Å². The molecule has 2 aliphatic rings. The lowest BCUT2D eigenvalue weighted by atomic mass is 9.78. The summed E-state index contributed by atoms with van der Waals surface area (Å²) in [6.07, 6.45) is 7.26. The van der Waals surface area contributed by atoms with E-state index in [1.165, 1.54) is 12.8 Å². The number of carbonyl (C=O) groups excluding carboxylic acids is 1. The van der Waals surface area contributed by atoms with Crippen LogP contribution in [-0.2, 0) is 4.79 Å². The lowest BCUT2D eigenvalue weighted by Gasteiger charge is -2.43. The quantitative estimate of drug-likeness (QED) is 0.641. The van der Waals surface area contributed by atoms with Gasteiger partial charge >= 0.3 is 0 Å². The molecule has 1 saturated carbocycles. The minimum atomic E-state index is -0.569. The van der Waals surface area contributed by atoms with Crippen molar-refractivity contribution in [3.63, 3.8) is 0 Å². The van der Waals surface area contributed by atoms with Crippen molar-refractivity contribution in [2.75, 3.05) is 26.7 Å². The Hall–Kier alpha value is -0.680. The minimum absolute atomic E-state index is 0.198. The molecule has 2 fully saturated rings. The molecular formula is C16H29N3OS. The summed E-state index contributed by atoms with van der Waals surface area (Å²) >= 11 is 5.33. The van der Waals surface area contributed by atoms with E-state index in [2.05, 4.69) is 18.9 Å². The molecule has 0 spiro atoms. The summed E-state index contributed by atoms with van der Waals surface area (Å²) in [4.78, 5) is 18.0. The number of carbonyl (C=O) groups is 1. The Bertz CT molecular complexity index is 391. The number of hydrogen-bond acceptors (Lipinski definition) is 3. The maximum absolute atomic E-state index is 13.2. The summed E-state index contributed by atoms with van der Waals surface area (Å²) in [5.41, 5.74) is 5.48. The molecular weight excluding hydrogens is 282 g/mol. The van der Waals surface area contributed by atoms with Gasteiger partial charge in [-0.15, -0.1) is 0 Å². The van der Waals surface area contributed by atoms with Crippen LogP contribution in [0, 0.1) is 5.41 Å². The van der Waals surface area contributed by atoms with Gasteiger partial charge in [-0.2, -0.15) is 0 Å². The highest BCUT2D eigenvalue weighted by Gasteiger charge is 2.45. The molecule has 0 aromatic rings. The predicted molar refractivity (Wildman–Crippen MR) is 90.2 cm³/mol.